The molecule has 0 aliphatic heterocycles. The molecule has 1 aromatic heterocycles. The van der Waals surface area contributed by atoms with E-state index in [0.29, 0.717) is 17.0 Å². The second-order valence-corrected chi connectivity index (χ2v) is 4.53. The first kappa shape index (κ1) is 13.5. The van der Waals surface area contributed by atoms with Gasteiger partial charge in [0.25, 0.3) is 0 Å². The zero-order valence-corrected chi connectivity index (χ0v) is 10.9. The first-order chi connectivity index (χ1) is 8.91. The van der Waals surface area contributed by atoms with Crippen molar-refractivity contribution in [2.45, 2.75) is 26.9 Å². The van der Waals surface area contributed by atoms with Crippen LogP contribution in [0, 0.1) is 32.4 Å². The van der Waals surface area contributed by atoms with Gasteiger partial charge in [0.1, 0.15) is 6.10 Å². The van der Waals surface area contributed by atoms with Gasteiger partial charge < -0.3 is 5.11 Å². The monoisotopic (exact) mass is 264 g/mol. The van der Waals surface area contributed by atoms with Gasteiger partial charge in [-0.05, 0) is 32.4 Å². The highest BCUT2D eigenvalue weighted by atomic mass is 19.2. The third-order valence-corrected chi connectivity index (χ3v) is 3.03. The van der Waals surface area contributed by atoms with Crippen molar-refractivity contribution in [2.24, 2.45) is 0 Å². The molecule has 0 aliphatic rings. The van der Waals surface area contributed by atoms with Gasteiger partial charge in [-0.1, -0.05) is 12.1 Å². The lowest BCUT2D eigenvalue weighted by Crippen LogP contribution is -2.09. The number of aryl methyl sites for hydroxylation is 3. The highest BCUT2D eigenvalue weighted by Crippen LogP contribution is 2.28. The molecule has 3 nitrogen and oxygen atoms in total. The smallest absolute Gasteiger partial charge is 0.165 e. The van der Waals surface area contributed by atoms with Crippen molar-refractivity contribution in [3.05, 3.63) is 57.9 Å². The van der Waals surface area contributed by atoms with Gasteiger partial charge >= 0.3 is 0 Å². The number of nitrogens with zero attached hydrogens (tertiary/aromatic N) is 2. The Morgan fingerprint density at radius 1 is 1.00 bits per heavy atom. The van der Waals surface area contributed by atoms with E-state index >= 15 is 0 Å². The van der Waals surface area contributed by atoms with Gasteiger partial charge in [0, 0.05) is 11.1 Å². The molecule has 1 unspecified atom stereocenters. The van der Waals surface area contributed by atoms with E-state index in [9.17, 15) is 13.9 Å². The summed E-state index contributed by atoms with van der Waals surface area (Å²) in [4.78, 5) is 0. The molecule has 0 amide bonds. The van der Waals surface area contributed by atoms with Crippen LogP contribution >= 0.6 is 0 Å². The molecular weight excluding hydrogens is 250 g/mol. The van der Waals surface area contributed by atoms with E-state index in [4.69, 9.17) is 0 Å². The number of rotatable bonds is 2. The Hall–Kier alpha value is -1.88. The second-order valence-electron chi connectivity index (χ2n) is 4.53. The maximum atomic E-state index is 13.9. The normalized spacial score (nSPS) is 12.5. The minimum Gasteiger partial charge on any atom is -0.383 e. The average Bonchev–Trinajstić information content (AvgIpc) is 2.38. The summed E-state index contributed by atoms with van der Waals surface area (Å²) in [5.41, 5.74) is 1.62. The number of aliphatic hydroxyl groups is 1. The van der Waals surface area contributed by atoms with Crippen molar-refractivity contribution in [3.8, 4) is 0 Å². The molecule has 0 spiro atoms. The quantitative estimate of drug-likeness (QED) is 0.907. The predicted molar refractivity (Wildman–Crippen MR) is 66.7 cm³/mol. The molecule has 1 N–H and O–H groups in total. The lowest BCUT2D eigenvalue weighted by molar-refractivity contribution is 0.211. The molecular formula is C14H14F2N2O. The van der Waals surface area contributed by atoms with Gasteiger partial charge in [0.05, 0.1) is 11.4 Å². The number of hydrogen-bond donors (Lipinski definition) is 1. The van der Waals surface area contributed by atoms with Crippen molar-refractivity contribution in [2.75, 3.05) is 0 Å². The highest BCUT2D eigenvalue weighted by molar-refractivity contribution is 5.35. The molecule has 1 heterocycles. The number of benzene rings is 1. The Morgan fingerprint density at radius 3 is 2.37 bits per heavy atom. The standard InChI is InChI=1S/C14H14F2N2O/c1-7-4-5-10(13(16)12(7)15)14(19)11-6-8(2)17-18-9(11)3/h4-6,14,19H,1-3H3. The van der Waals surface area contributed by atoms with E-state index in [1.54, 1.807) is 19.9 Å². The van der Waals surface area contributed by atoms with E-state index in [0.717, 1.165) is 0 Å². The molecule has 19 heavy (non-hydrogen) atoms. The molecule has 0 fully saturated rings. The van der Waals surface area contributed by atoms with Crippen LogP contribution in [0.5, 0.6) is 0 Å². The summed E-state index contributed by atoms with van der Waals surface area (Å²) in [5.74, 6) is -1.96. The molecule has 0 saturated heterocycles. The van der Waals surface area contributed by atoms with Crippen LogP contribution in [0.15, 0.2) is 18.2 Å². The number of aromatic nitrogens is 2. The van der Waals surface area contributed by atoms with E-state index in [1.807, 2.05) is 0 Å². The lowest BCUT2D eigenvalue weighted by atomic mass is 9.98. The van der Waals surface area contributed by atoms with Gasteiger partial charge in [-0.3, -0.25) is 0 Å². The molecule has 2 rings (SSSR count). The van der Waals surface area contributed by atoms with Crippen molar-refractivity contribution >= 4 is 0 Å². The number of hydrogen-bond acceptors (Lipinski definition) is 3. The van der Waals surface area contributed by atoms with Crippen LogP contribution < -0.4 is 0 Å². The van der Waals surface area contributed by atoms with Gasteiger partial charge in [-0.2, -0.15) is 10.2 Å². The van der Waals surface area contributed by atoms with Crippen LogP contribution in [0.25, 0.3) is 0 Å². The fourth-order valence-electron chi connectivity index (χ4n) is 1.89. The molecule has 2 aromatic rings. The fraction of sp³-hybridized carbons (Fsp3) is 0.286. The van der Waals surface area contributed by atoms with Crippen molar-refractivity contribution in [1.29, 1.82) is 0 Å². The Bertz CT molecular complexity index is 629. The van der Waals surface area contributed by atoms with Gasteiger partial charge in [-0.25, -0.2) is 8.78 Å². The summed E-state index contributed by atoms with van der Waals surface area (Å²) >= 11 is 0. The molecule has 5 heteroatoms. The van der Waals surface area contributed by atoms with Crippen molar-refractivity contribution in [3.63, 3.8) is 0 Å². The molecule has 0 aliphatic carbocycles. The van der Waals surface area contributed by atoms with E-state index in [2.05, 4.69) is 10.2 Å². The minimum atomic E-state index is -1.26. The van der Waals surface area contributed by atoms with Crippen LogP contribution in [0.3, 0.4) is 0 Å². The van der Waals surface area contributed by atoms with E-state index in [-0.39, 0.29) is 11.1 Å². The molecule has 1 atom stereocenters. The Morgan fingerprint density at radius 2 is 1.68 bits per heavy atom. The molecule has 1 aromatic carbocycles. The third-order valence-electron chi connectivity index (χ3n) is 3.03. The Labute approximate surface area is 109 Å². The molecule has 100 valence electrons. The second kappa shape index (κ2) is 5.01. The SMILES string of the molecule is Cc1cc(C(O)c2ccc(C)c(F)c2F)c(C)nn1. The van der Waals surface area contributed by atoms with Crippen molar-refractivity contribution < 1.29 is 13.9 Å². The van der Waals surface area contributed by atoms with Crippen LogP contribution in [0.2, 0.25) is 0 Å². The summed E-state index contributed by atoms with van der Waals surface area (Å²) in [6.45, 7) is 4.85. The van der Waals surface area contributed by atoms with Crippen LogP contribution in [-0.2, 0) is 0 Å². The first-order valence-corrected chi connectivity index (χ1v) is 5.85. The van der Waals surface area contributed by atoms with Crippen LogP contribution in [0.1, 0.15) is 34.2 Å². The van der Waals surface area contributed by atoms with Gasteiger partial charge in [0.15, 0.2) is 11.6 Å². The number of halogens is 2. The van der Waals surface area contributed by atoms with E-state index < -0.39 is 17.7 Å². The predicted octanol–water partition coefficient (Wildman–Crippen LogP) is 2.76. The summed E-state index contributed by atoms with van der Waals surface area (Å²) in [5, 5.41) is 17.9. The van der Waals surface area contributed by atoms with Crippen molar-refractivity contribution in [1.82, 2.24) is 10.2 Å². The van der Waals surface area contributed by atoms with E-state index in [1.165, 1.54) is 19.1 Å². The fourth-order valence-corrected chi connectivity index (χ4v) is 1.89. The Balaban J connectivity index is 2.53. The first-order valence-electron chi connectivity index (χ1n) is 5.85. The summed E-state index contributed by atoms with van der Waals surface area (Å²) in [6, 6.07) is 4.44. The topological polar surface area (TPSA) is 46.0 Å². The van der Waals surface area contributed by atoms with Crippen LogP contribution in [0.4, 0.5) is 8.78 Å². The largest absolute Gasteiger partial charge is 0.383 e. The zero-order chi connectivity index (χ0) is 14.2. The maximum Gasteiger partial charge on any atom is 0.165 e. The summed E-state index contributed by atoms with van der Waals surface area (Å²) in [6.07, 6.45) is -1.26. The molecule has 0 radical (unpaired) electrons. The van der Waals surface area contributed by atoms with Crippen LogP contribution in [-0.4, -0.2) is 15.3 Å². The zero-order valence-electron chi connectivity index (χ0n) is 10.9. The third kappa shape index (κ3) is 2.46. The summed E-state index contributed by atoms with van der Waals surface area (Å²) in [7, 11) is 0. The molecule has 0 bridgehead atoms. The minimum absolute atomic E-state index is 0.0985. The highest BCUT2D eigenvalue weighted by Gasteiger charge is 2.21. The Kier molecular flexibility index (Phi) is 3.57. The summed E-state index contributed by atoms with van der Waals surface area (Å²) < 4.78 is 27.4. The number of aliphatic hydroxyl groups excluding tert-OH is 1. The molecule has 0 saturated carbocycles. The average molecular weight is 264 g/mol. The van der Waals surface area contributed by atoms with Gasteiger partial charge in [0.2, 0.25) is 0 Å². The maximum absolute atomic E-state index is 13.9. The van der Waals surface area contributed by atoms with Gasteiger partial charge in [-0.15, -0.1) is 0 Å². The lowest BCUT2D eigenvalue weighted by Gasteiger charge is -2.15.